The van der Waals surface area contributed by atoms with Crippen LogP contribution in [0.3, 0.4) is 0 Å². The summed E-state index contributed by atoms with van der Waals surface area (Å²) >= 11 is 11.0. The molecule has 2 N–H and O–H groups in total. The van der Waals surface area contributed by atoms with E-state index < -0.39 is 28.2 Å². The molecule has 1 aromatic heterocycles. The number of alkyl halides is 2. The standard InChI is InChI=1S/C7H7Cl2F2N3/c1-2-7(10,11)3-4(8)13-6(12)14-5(3)9/h2H2,1H3,(H2,12,13,14). The SMILES string of the molecule is CCC(F)(F)c1c(Cl)nc(N)nc1Cl. The number of rotatable bonds is 2. The molecule has 0 radical (unpaired) electrons. The van der Waals surface area contributed by atoms with Crippen LogP contribution in [0.2, 0.25) is 10.3 Å². The number of hydrogen-bond acceptors (Lipinski definition) is 3. The smallest absolute Gasteiger partial charge is 0.278 e. The van der Waals surface area contributed by atoms with Crippen LogP contribution in [0.15, 0.2) is 0 Å². The highest BCUT2D eigenvalue weighted by atomic mass is 35.5. The molecule has 0 bridgehead atoms. The molecule has 1 aromatic rings. The second-order valence-electron chi connectivity index (χ2n) is 2.60. The Morgan fingerprint density at radius 1 is 1.29 bits per heavy atom. The molecular weight excluding hydrogens is 235 g/mol. The molecule has 0 atom stereocenters. The van der Waals surface area contributed by atoms with Crippen LogP contribution in [0.5, 0.6) is 0 Å². The summed E-state index contributed by atoms with van der Waals surface area (Å²) < 4.78 is 26.5. The van der Waals surface area contributed by atoms with Crippen LogP contribution in [0.1, 0.15) is 18.9 Å². The number of nitrogens with zero attached hydrogens (tertiary/aromatic N) is 2. The number of nitrogen functional groups attached to an aromatic ring is 1. The Bertz CT molecular complexity index is 334. The molecule has 0 spiro atoms. The lowest BCUT2D eigenvalue weighted by Crippen LogP contribution is -2.15. The van der Waals surface area contributed by atoms with Gasteiger partial charge in [-0.05, 0) is 0 Å². The molecule has 1 heterocycles. The summed E-state index contributed by atoms with van der Waals surface area (Å²) in [5, 5.41) is -0.816. The third kappa shape index (κ3) is 2.04. The summed E-state index contributed by atoms with van der Waals surface area (Å²) in [4.78, 5) is 6.83. The molecule has 1 rings (SSSR count). The van der Waals surface area contributed by atoms with E-state index in [0.717, 1.165) is 0 Å². The first-order valence-electron chi connectivity index (χ1n) is 3.75. The molecule has 0 saturated carbocycles. The normalized spacial score (nSPS) is 11.8. The molecule has 0 amide bonds. The first-order chi connectivity index (χ1) is 6.38. The highest BCUT2D eigenvalue weighted by Crippen LogP contribution is 2.39. The fourth-order valence-corrected chi connectivity index (χ4v) is 1.58. The van der Waals surface area contributed by atoms with E-state index in [1.165, 1.54) is 6.92 Å². The van der Waals surface area contributed by atoms with Crippen molar-refractivity contribution in [2.24, 2.45) is 0 Å². The summed E-state index contributed by atoms with van der Waals surface area (Å²) in [5.74, 6) is -3.36. The first-order valence-corrected chi connectivity index (χ1v) is 4.51. The van der Waals surface area contributed by atoms with Crippen molar-refractivity contribution in [3.63, 3.8) is 0 Å². The highest BCUT2D eigenvalue weighted by Gasteiger charge is 2.35. The summed E-state index contributed by atoms with van der Waals surface area (Å²) in [6.45, 7) is 1.31. The molecule has 14 heavy (non-hydrogen) atoms. The molecule has 0 saturated heterocycles. The second kappa shape index (κ2) is 3.82. The lowest BCUT2D eigenvalue weighted by atomic mass is 10.1. The van der Waals surface area contributed by atoms with Gasteiger partial charge in [0.15, 0.2) is 0 Å². The molecule has 0 aliphatic rings. The second-order valence-corrected chi connectivity index (χ2v) is 3.31. The van der Waals surface area contributed by atoms with Crippen LogP contribution < -0.4 is 5.73 Å². The zero-order valence-corrected chi connectivity index (χ0v) is 8.70. The maximum absolute atomic E-state index is 13.2. The molecule has 0 aliphatic heterocycles. The van der Waals surface area contributed by atoms with Gasteiger partial charge in [0.25, 0.3) is 5.92 Å². The van der Waals surface area contributed by atoms with Crippen molar-refractivity contribution in [1.82, 2.24) is 9.97 Å². The Balaban J connectivity index is 3.35. The number of halogens is 4. The molecule has 0 unspecified atom stereocenters. The molecular formula is C7H7Cl2F2N3. The maximum atomic E-state index is 13.2. The van der Waals surface area contributed by atoms with Crippen molar-refractivity contribution < 1.29 is 8.78 Å². The van der Waals surface area contributed by atoms with Gasteiger partial charge in [-0.15, -0.1) is 0 Å². The minimum absolute atomic E-state index is 0.226. The van der Waals surface area contributed by atoms with Crippen molar-refractivity contribution in [3.8, 4) is 0 Å². The van der Waals surface area contributed by atoms with E-state index in [0.29, 0.717) is 0 Å². The van der Waals surface area contributed by atoms with Gasteiger partial charge in [-0.25, -0.2) is 18.7 Å². The zero-order chi connectivity index (χ0) is 10.9. The minimum Gasteiger partial charge on any atom is -0.368 e. The number of anilines is 1. The topological polar surface area (TPSA) is 51.8 Å². The number of aromatic nitrogens is 2. The Kier molecular flexibility index (Phi) is 3.11. The van der Waals surface area contributed by atoms with Crippen molar-refractivity contribution in [3.05, 3.63) is 15.9 Å². The fraction of sp³-hybridized carbons (Fsp3) is 0.429. The van der Waals surface area contributed by atoms with Crippen LogP contribution >= 0.6 is 23.2 Å². The summed E-state index contributed by atoms with van der Waals surface area (Å²) in [6, 6.07) is 0. The van der Waals surface area contributed by atoms with Gasteiger partial charge in [0.2, 0.25) is 5.95 Å². The van der Waals surface area contributed by atoms with Gasteiger partial charge in [0.05, 0.1) is 5.56 Å². The Labute approximate surface area is 89.2 Å². The molecule has 3 nitrogen and oxygen atoms in total. The third-order valence-electron chi connectivity index (χ3n) is 1.65. The predicted octanol–water partition coefficient (Wildman–Crippen LogP) is 2.87. The molecule has 0 aliphatic carbocycles. The summed E-state index contributed by atoms with van der Waals surface area (Å²) in [7, 11) is 0. The van der Waals surface area contributed by atoms with E-state index >= 15 is 0 Å². The fourth-order valence-electron chi connectivity index (χ4n) is 0.902. The monoisotopic (exact) mass is 241 g/mol. The van der Waals surface area contributed by atoms with E-state index in [9.17, 15) is 8.78 Å². The summed E-state index contributed by atoms with van der Waals surface area (Å²) in [5.41, 5.74) is 4.61. The predicted molar refractivity (Wildman–Crippen MR) is 50.6 cm³/mol. The zero-order valence-electron chi connectivity index (χ0n) is 7.19. The van der Waals surface area contributed by atoms with Crippen LogP contribution in [0.4, 0.5) is 14.7 Å². The van der Waals surface area contributed by atoms with Gasteiger partial charge in [-0.3, -0.25) is 0 Å². The molecule has 0 aromatic carbocycles. The lowest BCUT2D eigenvalue weighted by molar-refractivity contribution is -0.00867. The van der Waals surface area contributed by atoms with E-state index in [1.54, 1.807) is 0 Å². The van der Waals surface area contributed by atoms with Crippen molar-refractivity contribution in [2.45, 2.75) is 19.3 Å². The first kappa shape index (κ1) is 11.4. The average Bonchev–Trinajstić information content (AvgIpc) is 2.01. The number of nitrogens with two attached hydrogens (primary N) is 1. The van der Waals surface area contributed by atoms with E-state index in [2.05, 4.69) is 9.97 Å². The Morgan fingerprint density at radius 3 is 2.07 bits per heavy atom. The quantitative estimate of drug-likeness (QED) is 0.811. The van der Waals surface area contributed by atoms with E-state index in [4.69, 9.17) is 28.9 Å². The van der Waals surface area contributed by atoms with Crippen LogP contribution in [0, 0.1) is 0 Å². The van der Waals surface area contributed by atoms with Gasteiger partial charge in [-0.1, -0.05) is 30.1 Å². The largest absolute Gasteiger partial charge is 0.368 e. The van der Waals surface area contributed by atoms with Crippen LogP contribution in [0.25, 0.3) is 0 Å². The van der Waals surface area contributed by atoms with Gasteiger partial charge in [0, 0.05) is 6.42 Å². The highest BCUT2D eigenvalue weighted by molar-refractivity contribution is 6.34. The van der Waals surface area contributed by atoms with E-state index in [1.807, 2.05) is 0 Å². The van der Waals surface area contributed by atoms with Gasteiger partial charge in [0.1, 0.15) is 10.3 Å². The average molecular weight is 242 g/mol. The van der Waals surface area contributed by atoms with Crippen molar-refractivity contribution in [2.75, 3.05) is 5.73 Å². The third-order valence-corrected chi connectivity index (χ3v) is 2.19. The summed E-state index contributed by atoms with van der Waals surface area (Å²) in [6.07, 6.45) is -0.431. The van der Waals surface area contributed by atoms with Crippen LogP contribution in [-0.2, 0) is 5.92 Å². The lowest BCUT2D eigenvalue weighted by Gasteiger charge is -2.16. The van der Waals surface area contributed by atoms with E-state index in [-0.39, 0.29) is 5.95 Å². The molecule has 0 fully saturated rings. The Hall–Kier alpha value is -0.680. The Morgan fingerprint density at radius 2 is 1.71 bits per heavy atom. The molecule has 7 heteroatoms. The minimum atomic E-state index is -3.14. The maximum Gasteiger partial charge on any atom is 0.278 e. The molecule has 78 valence electrons. The van der Waals surface area contributed by atoms with Crippen LogP contribution in [-0.4, -0.2) is 9.97 Å². The van der Waals surface area contributed by atoms with Gasteiger partial charge < -0.3 is 5.73 Å². The number of hydrogen-bond donors (Lipinski definition) is 1. The van der Waals surface area contributed by atoms with Crippen molar-refractivity contribution >= 4 is 29.2 Å². The van der Waals surface area contributed by atoms with Gasteiger partial charge >= 0.3 is 0 Å². The van der Waals surface area contributed by atoms with Crippen molar-refractivity contribution in [1.29, 1.82) is 0 Å². The van der Waals surface area contributed by atoms with Gasteiger partial charge in [-0.2, -0.15) is 0 Å².